The van der Waals surface area contributed by atoms with Crippen molar-refractivity contribution in [2.45, 2.75) is 12.1 Å². The summed E-state index contributed by atoms with van der Waals surface area (Å²) in [5.74, 6) is 0.294. The molecule has 0 bridgehead atoms. The monoisotopic (exact) mass is 236 g/mol. The van der Waals surface area contributed by atoms with Crippen LogP contribution in [0.15, 0.2) is 29.6 Å². The summed E-state index contributed by atoms with van der Waals surface area (Å²) in [5.41, 5.74) is 0.789. The minimum absolute atomic E-state index is 0.414. The zero-order chi connectivity index (χ0) is 12.4. The van der Waals surface area contributed by atoms with E-state index in [1.54, 1.807) is 31.4 Å². The molecule has 90 valence electrons. The van der Waals surface area contributed by atoms with Crippen molar-refractivity contribution in [3.8, 4) is 5.75 Å². The van der Waals surface area contributed by atoms with E-state index in [0.29, 0.717) is 5.75 Å². The van der Waals surface area contributed by atoms with E-state index in [-0.39, 0.29) is 0 Å². The summed E-state index contributed by atoms with van der Waals surface area (Å²) in [6.07, 6.45) is -0.638. The van der Waals surface area contributed by atoms with Crippen LogP contribution in [0.2, 0.25) is 0 Å². The van der Waals surface area contributed by atoms with E-state index in [4.69, 9.17) is 9.47 Å². The lowest BCUT2D eigenvalue weighted by molar-refractivity contribution is -0.171. The number of carbonyl (C=O) groups excluding carboxylic acids is 1. The molecule has 0 N–H and O–H groups in total. The fraction of sp³-hybridized carbons (Fsp3) is 0.364. The van der Waals surface area contributed by atoms with Gasteiger partial charge in [-0.25, -0.2) is 0 Å². The topological polar surface area (TPSA) is 68.2 Å². The van der Waals surface area contributed by atoms with Crippen molar-refractivity contribution in [3.05, 3.63) is 34.7 Å². The predicted molar refractivity (Wildman–Crippen MR) is 59.2 cm³/mol. The van der Waals surface area contributed by atoms with Crippen molar-refractivity contribution in [3.63, 3.8) is 0 Å². The van der Waals surface area contributed by atoms with E-state index < -0.39 is 18.1 Å². The minimum Gasteiger partial charge on any atom is -0.497 e. The molecule has 6 nitrogen and oxygen atoms in total. The molecule has 0 saturated carbocycles. The Morgan fingerprint density at radius 3 is 2.35 bits per heavy atom. The standard InChI is InChI=1S/C11H12N2O4/c1-16-8-5-3-7(4-6-8)9-10(17-2)11(14)13(9)12-15/h3-6,9-10H,1-2H3. The van der Waals surface area contributed by atoms with E-state index in [9.17, 15) is 9.70 Å². The minimum atomic E-state index is -0.638. The highest BCUT2D eigenvalue weighted by Gasteiger charge is 2.50. The fourth-order valence-corrected chi connectivity index (χ4v) is 1.89. The molecule has 1 fully saturated rings. The van der Waals surface area contributed by atoms with Crippen LogP contribution < -0.4 is 4.74 Å². The van der Waals surface area contributed by atoms with Crippen molar-refractivity contribution < 1.29 is 14.3 Å². The third-order valence-corrected chi connectivity index (χ3v) is 2.82. The van der Waals surface area contributed by atoms with Crippen LogP contribution in [0.5, 0.6) is 5.75 Å². The number of carbonyl (C=O) groups is 1. The maximum Gasteiger partial charge on any atom is 0.277 e. The highest BCUT2D eigenvalue weighted by Crippen LogP contribution is 2.37. The molecule has 1 aliphatic rings. The SMILES string of the molecule is COc1ccc(C2C(OC)C(=O)N2N=O)cc1. The molecular weight excluding hydrogens is 224 g/mol. The van der Waals surface area contributed by atoms with Gasteiger partial charge in [0.25, 0.3) is 5.91 Å². The van der Waals surface area contributed by atoms with Crippen LogP contribution in [0, 0.1) is 4.91 Å². The predicted octanol–water partition coefficient (Wildman–Crippen LogP) is 1.27. The third-order valence-electron chi connectivity index (χ3n) is 2.82. The molecular formula is C11H12N2O4. The molecule has 1 aromatic carbocycles. The molecule has 0 radical (unpaired) electrons. The average Bonchev–Trinajstić information content (AvgIpc) is 2.37. The van der Waals surface area contributed by atoms with Gasteiger partial charge in [0.1, 0.15) is 11.8 Å². The Morgan fingerprint density at radius 2 is 1.88 bits per heavy atom. The lowest BCUT2D eigenvalue weighted by Gasteiger charge is -2.40. The molecule has 2 atom stereocenters. The van der Waals surface area contributed by atoms with Crippen LogP contribution in [0.3, 0.4) is 0 Å². The molecule has 1 aromatic rings. The van der Waals surface area contributed by atoms with Gasteiger partial charge in [0.05, 0.1) is 12.4 Å². The molecule has 1 aliphatic heterocycles. The van der Waals surface area contributed by atoms with Crippen molar-refractivity contribution in [2.75, 3.05) is 14.2 Å². The molecule has 1 heterocycles. The molecule has 2 unspecified atom stereocenters. The fourth-order valence-electron chi connectivity index (χ4n) is 1.89. The Balaban J connectivity index is 2.25. The second kappa shape index (κ2) is 4.50. The van der Waals surface area contributed by atoms with Crippen LogP contribution in [-0.2, 0) is 9.53 Å². The molecule has 17 heavy (non-hydrogen) atoms. The number of nitroso groups, excluding NO2 is 1. The number of hydrogen-bond donors (Lipinski definition) is 0. The molecule has 2 rings (SSSR count). The first-order valence-corrected chi connectivity index (χ1v) is 5.06. The van der Waals surface area contributed by atoms with E-state index in [1.165, 1.54) is 7.11 Å². The molecule has 6 heteroatoms. The zero-order valence-corrected chi connectivity index (χ0v) is 9.49. The van der Waals surface area contributed by atoms with E-state index in [0.717, 1.165) is 10.6 Å². The number of amides is 1. The Hall–Kier alpha value is -1.95. The highest BCUT2D eigenvalue weighted by molar-refractivity contribution is 5.88. The number of nitrogens with zero attached hydrogens (tertiary/aromatic N) is 2. The maximum atomic E-state index is 11.4. The van der Waals surface area contributed by atoms with Gasteiger partial charge in [-0.2, -0.15) is 5.01 Å². The highest BCUT2D eigenvalue weighted by atomic mass is 16.5. The Morgan fingerprint density at radius 1 is 1.24 bits per heavy atom. The second-order valence-electron chi connectivity index (χ2n) is 3.64. The molecule has 0 aliphatic carbocycles. The summed E-state index contributed by atoms with van der Waals surface area (Å²) in [6, 6.07) is 6.62. The molecule has 0 aromatic heterocycles. The summed E-state index contributed by atoms with van der Waals surface area (Å²) in [5, 5.41) is 3.58. The first-order chi connectivity index (χ1) is 8.22. The lowest BCUT2D eigenvalue weighted by atomic mass is 9.93. The van der Waals surface area contributed by atoms with Gasteiger partial charge in [-0.15, -0.1) is 4.91 Å². The van der Waals surface area contributed by atoms with Gasteiger partial charge in [0.2, 0.25) is 0 Å². The summed E-state index contributed by atoms with van der Waals surface area (Å²) < 4.78 is 10.1. The second-order valence-corrected chi connectivity index (χ2v) is 3.64. The van der Waals surface area contributed by atoms with Gasteiger partial charge in [0, 0.05) is 7.11 Å². The number of rotatable bonds is 4. The number of hydrogen-bond acceptors (Lipinski definition) is 5. The van der Waals surface area contributed by atoms with Crippen LogP contribution >= 0.6 is 0 Å². The largest absolute Gasteiger partial charge is 0.497 e. The normalized spacial score (nSPS) is 23.2. The smallest absolute Gasteiger partial charge is 0.277 e. The van der Waals surface area contributed by atoms with E-state index in [2.05, 4.69) is 5.29 Å². The van der Waals surface area contributed by atoms with Crippen LogP contribution in [0.4, 0.5) is 0 Å². The lowest BCUT2D eigenvalue weighted by Crippen LogP contribution is -2.56. The maximum absolute atomic E-state index is 11.4. The van der Waals surface area contributed by atoms with Crippen LogP contribution in [-0.4, -0.2) is 31.2 Å². The van der Waals surface area contributed by atoms with Crippen LogP contribution in [0.1, 0.15) is 11.6 Å². The zero-order valence-electron chi connectivity index (χ0n) is 9.49. The van der Waals surface area contributed by atoms with Gasteiger partial charge < -0.3 is 9.47 Å². The Kier molecular flexibility index (Phi) is 3.06. The number of methoxy groups -OCH3 is 2. The Labute approximate surface area is 98.1 Å². The van der Waals surface area contributed by atoms with Gasteiger partial charge in [-0.3, -0.25) is 4.79 Å². The summed E-state index contributed by atoms with van der Waals surface area (Å²) in [6.45, 7) is 0. The van der Waals surface area contributed by atoms with Gasteiger partial charge in [-0.1, -0.05) is 12.1 Å². The Bertz CT molecular complexity index is 432. The molecule has 1 amide bonds. The van der Waals surface area contributed by atoms with Crippen molar-refractivity contribution in [1.82, 2.24) is 5.01 Å². The van der Waals surface area contributed by atoms with Crippen molar-refractivity contribution in [1.29, 1.82) is 0 Å². The first kappa shape index (κ1) is 11.5. The molecule has 1 saturated heterocycles. The average molecular weight is 236 g/mol. The van der Waals surface area contributed by atoms with Gasteiger partial charge in [0.15, 0.2) is 6.10 Å². The number of β-lactam (4-membered cyclic amide) rings is 1. The van der Waals surface area contributed by atoms with Gasteiger partial charge >= 0.3 is 0 Å². The third kappa shape index (κ3) is 1.76. The molecule has 0 spiro atoms. The van der Waals surface area contributed by atoms with Crippen molar-refractivity contribution in [2.24, 2.45) is 5.29 Å². The summed E-state index contributed by atoms with van der Waals surface area (Å²) >= 11 is 0. The van der Waals surface area contributed by atoms with E-state index in [1.807, 2.05) is 0 Å². The number of benzene rings is 1. The van der Waals surface area contributed by atoms with E-state index >= 15 is 0 Å². The number of ether oxygens (including phenoxy) is 2. The van der Waals surface area contributed by atoms with Gasteiger partial charge in [-0.05, 0) is 17.7 Å². The van der Waals surface area contributed by atoms with Crippen molar-refractivity contribution >= 4 is 5.91 Å². The quantitative estimate of drug-likeness (QED) is 0.583. The van der Waals surface area contributed by atoms with Crippen LogP contribution in [0.25, 0.3) is 0 Å². The summed E-state index contributed by atoms with van der Waals surface area (Å²) in [7, 11) is 3.00. The summed E-state index contributed by atoms with van der Waals surface area (Å²) in [4.78, 5) is 22.0. The first-order valence-electron chi connectivity index (χ1n) is 5.06.